The summed E-state index contributed by atoms with van der Waals surface area (Å²) in [4.78, 5) is 32.5. The number of benzene rings is 2. The molecule has 0 unspecified atom stereocenters. The topological polar surface area (TPSA) is 66.8 Å². The van der Waals surface area contributed by atoms with Gasteiger partial charge < -0.3 is 19.5 Å². The minimum absolute atomic E-state index is 0.00499. The molecule has 4 rings (SSSR count). The quantitative estimate of drug-likeness (QED) is 0.636. The van der Waals surface area contributed by atoms with Crippen LogP contribution in [0.2, 0.25) is 0 Å². The fourth-order valence-electron chi connectivity index (χ4n) is 4.15. The molecular formula is C24H28N3O3+. The van der Waals surface area contributed by atoms with Crippen LogP contribution in [0, 0.1) is 6.92 Å². The number of pyridine rings is 1. The average Bonchev–Trinajstić information content (AvgIpc) is 2.77. The second-order valence-corrected chi connectivity index (χ2v) is 7.79. The highest BCUT2D eigenvalue weighted by Gasteiger charge is 2.23. The van der Waals surface area contributed by atoms with Crippen LogP contribution in [0.4, 0.5) is 5.69 Å². The highest BCUT2D eigenvalue weighted by Crippen LogP contribution is 2.15. The molecular weight excluding hydrogens is 378 g/mol. The molecule has 0 atom stereocenters. The summed E-state index contributed by atoms with van der Waals surface area (Å²) >= 11 is 0. The Morgan fingerprint density at radius 2 is 1.87 bits per heavy atom. The summed E-state index contributed by atoms with van der Waals surface area (Å²) in [6.07, 6.45) is 0. The number of anilines is 1. The average molecular weight is 407 g/mol. The number of nitrogens with zero attached hydrogens (tertiary/aromatic N) is 1. The molecule has 1 aliphatic heterocycles. The van der Waals surface area contributed by atoms with Crippen molar-refractivity contribution in [3.63, 3.8) is 0 Å². The van der Waals surface area contributed by atoms with E-state index in [1.165, 1.54) is 10.6 Å². The van der Waals surface area contributed by atoms with Crippen LogP contribution in [0.5, 0.6) is 0 Å². The summed E-state index contributed by atoms with van der Waals surface area (Å²) in [5.41, 5.74) is 4.11. The predicted molar refractivity (Wildman–Crippen MR) is 118 cm³/mol. The number of quaternary nitrogens is 1. The molecule has 156 valence electrons. The first kappa shape index (κ1) is 20.2. The lowest BCUT2D eigenvalue weighted by atomic mass is 10.1. The van der Waals surface area contributed by atoms with Gasteiger partial charge in [-0.25, -0.2) is 4.79 Å². The molecule has 1 aromatic heterocycles. The zero-order valence-electron chi connectivity index (χ0n) is 17.5. The number of piperazine rings is 1. The van der Waals surface area contributed by atoms with Crippen molar-refractivity contribution in [2.45, 2.75) is 20.4 Å². The van der Waals surface area contributed by atoms with Crippen molar-refractivity contribution in [1.29, 1.82) is 0 Å². The fraction of sp³-hybridized carbons (Fsp3) is 0.333. The van der Waals surface area contributed by atoms with Crippen LogP contribution in [0.3, 0.4) is 0 Å². The van der Waals surface area contributed by atoms with Gasteiger partial charge in [-0.3, -0.25) is 4.79 Å². The van der Waals surface area contributed by atoms with E-state index in [1.807, 2.05) is 13.0 Å². The van der Waals surface area contributed by atoms with Gasteiger partial charge in [0.1, 0.15) is 6.54 Å². The fourth-order valence-corrected chi connectivity index (χ4v) is 4.15. The normalized spacial score (nSPS) is 14.8. The predicted octanol–water partition coefficient (Wildman–Crippen LogP) is 1.92. The summed E-state index contributed by atoms with van der Waals surface area (Å²) in [7, 11) is 0. The van der Waals surface area contributed by atoms with Crippen LogP contribution in [0.15, 0.2) is 53.3 Å². The number of aromatic amines is 1. The molecule has 1 aliphatic rings. The lowest BCUT2D eigenvalue weighted by molar-refractivity contribution is -0.914. The standard InChI is InChI=1S/C24H27N3O3/c1-3-30-24(29)18-9-10-22-20(15-18)23(28)21(17(2)25-22)16-26-11-13-27(14-12-26)19-7-5-4-6-8-19/h4-10,15H,3,11-14,16H2,1-2H3,(H,25,28)/p+1. The van der Waals surface area contributed by atoms with Gasteiger partial charge in [-0.15, -0.1) is 0 Å². The molecule has 2 N–H and O–H groups in total. The molecule has 6 nitrogen and oxygen atoms in total. The van der Waals surface area contributed by atoms with Crippen molar-refractivity contribution in [1.82, 2.24) is 4.98 Å². The van der Waals surface area contributed by atoms with Gasteiger partial charge in [-0.05, 0) is 44.2 Å². The summed E-state index contributed by atoms with van der Waals surface area (Å²) in [5, 5.41) is 0.545. The Balaban J connectivity index is 1.54. The number of hydrogen-bond donors (Lipinski definition) is 2. The largest absolute Gasteiger partial charge is 0.462 e. The van der Waals surface area contributed by atoms with Crippen molar-refractivity contribution in [3.8, 4) is 0 Å². The first-order valence-electron chi connectivity index (χ1n) is 10.5. The van der Waals surface area contributed by atoms with Gasteiger partial charge in [-0.2, -0.15) is 0 Å². The summed E-state index contributed by atoms with van der Waals surface area (Å²) in [6.45, 7) is 8.62. The molecule has 0 saturated carbocycles. The third kappa shape index (κ3) is 4.09. The number of H-pyrrole nitrogens is 1. The summed E-state index contributed by atoms with van der Waals surface area (Å²) in [6, 6.07) is 15.6. The van der Waals surface area contributed by atoms with E-state index in [2.05, 4.69) is 34.1 Å². The van der Waals surface area contributed by atoms with Crippen LogP contribution < -0.4 is 15.2 Å². The first-order valence-corrected chi connectivity index (χ1v) is 10.5. The molecule has 0 aliphatic carbocycles. The Morgan fingerprint density at radius 3 is 2.57 bits per heavy atom. The molecule has 0 spiro atoms. The Labute approximate surface area is 176 Å². The van der Waals surface area contributed by atoms with E-state index >= 15 is 0 Å². The van der Waals surface area contributed by atoms with Gasteiger partial charge in [-0.1, -0.05) is 18.2 Å². The van der Waals surface area contributed by atoms with Gasteiger partial charge in [0.15, 0.2) is 5.43 Å². The van der Waals surface area contributed by atoms with E-state index in [1.54, 1.807) is 25.1 Å². The number of hydrogen-bond acceptors (Lipinski definition) is 4. The maximum absolute atomic E-state index is 13.2. The second kappa shape index (κ2) is 8.71. The smallest absolute Gasteiger partial charge is 0.338 e. The van der Waals surface area contributed by atoms with E-state index in [0.717, 1.165) is 43.0 Å². The van der Waals surface area contributed by atoms with E-state index in [-0.39, 0.29) is 5.43 Å². The third-order valence-corrected chi connectivity index (χ3v) is 5.84. The van der Waals surface area contributed by atoms with Crippen LogP contribution >= 0.6 is 0 Å². The number of aromatic nitrogens is 1. The van der Waals surface area contributed by atoms with Crippen LogP contribution in [-0.2, 0) is 11.3 Å². The van der Waals surface area contributed by atoms with Crippen molar-refractivity contribution >= 4 is 22.6 Å². The zero-order valence-corrected chi connectivity index (χ0v) is 17.5. The van der Waals surface area contributed by atoms with Gasteiger partial charge in [0.05, 0.1) is 43.9 Å². The lowest BCUT2D eigenvalue weighted by Gasteiger charge is -2.33. The number of esters is 1. The number of carbonyl (C=O) groups is 1. The SMILES string of the molecule is CCOC(=O)c1ccc2[nH]c(C)c(C[NH+]3CCN(c4ccccc4)CC3)c(=O)c2c1. The Bertz CT molecular complexity index is 1100. The van der Waals surface area contributed by atoms with Crippen molar-refractivity contribution < 1.29 is 14.4 Å². The molecule has 3 aromatic rings. The number of para-hydroxylation sites is 1. The highest BCUT2D eigenvalue weighted by atomic mass is 16.5. The van der Waals surface area contributed by atoms with Crippen LogP contribution in [0.1, 0.15) is 28.5 Å². The molecule has 30 heavy (non-hydrogen) atoms. The molecule has 0 amide bonds. The molecule has 0 radical (unpaired) electrons. The number of carbonyl (C=O) groups excluding carboxylic acids is 1. The van der Waals surface area contributed by atoms with E-state index in [4.69, 9.17) is 4.74 Å². The van der Waals surface area contributed by atoms with Crippen molar-refractivity contribution in [2.24, 2.45) is 0 Å². The Morgan fingerprint density at radius 1 is 1.13 bits per heavy atom. The van der Waals surface area contributed by atoms with Crippen LogP contribution in [0.25, 0.3) is 10.9 Å². The molecule has 6 heteroatoms. The number of fused-ring (bicyclic) bond motifs is 1. The number of rotatable bonds is 5. The highest BCUT2D eigenvalue weighted by molar-refractivity contribution is 5.94. The Kier molecular flexibility index (Phi) is 5.86. The maximum atomic E-state index is 13.2. The molecule has 2 aromatic carbocycles. The third-order valence-electron chi connectivity index (χ3n) is 5.84. The molecule has 1 fully saturated rings. The van der Waals surface area contributed by atoms with Gasteiger partial charge in [0, 0.05) is 22.3 Å². The first-order chi connectivity index (χ1) is 14.6. The van der Waals surface area contributed by atoms with E-state index in [0.29, 0.717) is 24.1 Å². The number of ether oxygens (including phenoxy) is 1. The lowest BCUT2D eigenvalue weighted by Crippen LogP contribution is -3.13. The van der Waals surface area contributed by atoms with Gasteiger partial charge >= 0.3 is 5.97 Å². The Hall–Kier alpha value is -3.12. The summed E-state index contributed by atoms with van der Waals surface area (Å²) < 4.78 is 5.08. The minimum Gasteiger partial charge on any atom is -0.462 e. The molecule has 1 saturated heterocycles. The monoisotopic (exact) mass is 406 g/mol. The zero-order chi connectivity index (χ0) is 21.1. The van der Waals surface area contributed by atoms with Gasteiger partial charge in [0.2, 0.25) is 0 Å². The second-order valence-electron chi connectivity index (χ2n) is 7.79. The maximum Gasteiger partial charge on any atom is 0.338 e. The van der Waals surface area contributed by atoms with Gasteiger partial charge in [0.25, 0.3) is 0 Å². The van der Waals surface area contributed by atoms with Crippen LogP contribution in [-0.4, -0.2) is 43.7 Å². The molecule has 2 heterocycles. The van der Waals surface area contributed by atoms with E-state index in [9.17, 15) is 9.59 Å². The number of nitrogens with one attached hydrogen (secondary N) is 2. The summed E-state index contributed by atoms with van der Waals surface area (Å²) in [5.74, 6) is -0.399. The molecule has 0 bridgehead atoms. The van der Waals surface area contributed by atoms with E-state index < -0.39 is 5.97 Å². The minimum atomic E-state index is -0.399. The van der Waals surface area contributed by atoms with Crippen molar-refractivity contribution in [3.05, 3.63) is 75.6 Å². The number of aryl methyl sites for hydroxylation is 1. The van der Waals surface area contributed by atoms with Crippen molar-refractivity contribution in [2.75, 3.05) is 37.7 Å².